The summed E-state index contributed by atoms with van der Waals surface area (Å²) < 4.78 is 36.3. The molecule has 7 nitrogen and oxygen atoms in total. The van der Waals surface area contributed by atoms with E-state index < -0.39 is 22.0 Å². The number of anilines is 1. The number of hydrogen-bond acceptors (Lipinski definition) is 5. The van der Waals surface area contributed by atoms with Crippen LogP contribution in [0.15, 0.2) is 36.4 Å². The third-order valence-electron chi connectivity index (χ3n) is 4.41. The van der Waals surface area contributed by atoms with Crippen LogP contribution in [0.5, 0.6) is 11.5 Å². The third-order valence-corrected chi connectivity index (χ3v) is 5.77. The number of benzene rings is 2. The lowest BCUT2D eigenvalue weighted by Gasteiger charge is -2.25. The minimum atomic E-state index is -3.71. The Bertz CT molecular complexity index is 994. The van der Waals surface area contributed by atoms with Crippen LogP contribution in [0.25, 0.3) is 0 Å². The van der Waals surface area contributed by atoms with Crippen molar-refractivity contribution < 1.29 is 22.7 Å². The smallest absolute Gasteiger partial charge is 0.241 e. The number of methoxy groups -OCH3 is 2. The number of nitrogens with zero attached hydrogens (tertiary/aromatic N) is 1. The van der Waals surface area contributed by atoms with Crippen LogP contribution in [0, 0.1) is 6.92 Å². The quantitative estimate of drug-likeness (QED) is 0.680. The number of rotatable bonds is 8. The zero-order valence-corrected chi connectivity index (χ0v) is 18.6. The Balaban J connectivity index is 2.26. The minimum absolute atomic E-state index is 0.363. The Morgan fingerprint density at radius 2 is 1.86 bits per heavy atom. The number of hydrogen-bond donors (Lipinski definition) is 1. The van der Waals surface area contributed by atoms with Gasteiger partial charge in [-0.15, -0.1) is 0 Å². The molecule has 0 fully saturated rings. The molecular weight excluding hydrogens is 416 g/mol. The molecule has 9 heteroatoms. The summed E-state index contributed by atoms with van der Waals surface area (Å²) in [6.07, 6.45) is 1.05. The van der Waals surface area contributed by atoms with E-state index in [0.29, 0.717) is 33.3 Å². The van der Waals surface area contributed by atoms with Crippen LogP contribution < -0.4 is 19.1 Å². The summed E-state index contributed by atoms with van der Waals surface area (Å²) in [4.78, 5) is 12.7. The molecule has 0 aliphatic carbocycles. The van der Waals surface area contributed by atoms with Crippen molar-refractivity contribution in [1.29, 1.82) is 0 Å². The van der Waals surface area contributed by atoms with E-state index in [0.717, 1.165) is 10.6 Å². The van der Waals surface area contributed by atoms with Gasteiger partial charge >= 0.3 is 0 Å². The van der Waals surface area contributed by atoms with Crippen LogP contribution in [0.2, 0.25) is 5.02 Å². The van der Waals surface area contributed by atoms with Gasteiger partial charge in [-0.1, -0.05) is 17.7 Å². The van der Waals surface area contributed by atoms with Gasteiger partial charge in [0.05, 0.1) is 32.2 Å². The van der Waals surface area contributed by atoms with Gasteiger partial charge in [-0.25, -0.2) is 8.42 Å². The second kappa shape index (κ2) is 9.37. The first-order valence-corrected chi connectivity index (χ1v) is 11.0. The van der Waals surface area contributed by atoms with Crippen molar-refractivity contribution in [3.63, 3.8) is 0 Å². The highest BCUT2D eigenvalue weighted by Gasteiger charge is 2.24. The summed E-state index contributed by atoms with van der Waals surface area (Å²) in [5, 5.41) is 3.20. The molecule has 1 atom stereocenters. The van der Waals surface area contributed by atoms with Gasteiger partial charge in [0, 0.05) is 10.6 Å². The number of amides is 1. The summed E-state index contributed by atoms with van der Waals surface area (Å²) in [5.74, 6) is 0.741. The van der Waals surface area contributed by atoms with Crippen LogP contribution in [0.1, 0.15) is 24.1 Å². The van der Waals surface area contributed by atoms with E-state index in [4.69, 9.17) is 21.1 Å². The van der Waals surface area contributed by atoms with Crippen molar-refractivity contribution in [2.45, 2.75) is 19.9 Å². The first-order chi connectivity index (χ1) is 13.6. The average Bonchev–Trinajstić information content (AvgIpc) is 2.66. The summed E-state index contributed by atoms with van der Waals surface area (Å²) in [7, 11) is -0.624. The van der Waals surface area contributed by atoms with Gasteiger partial charge in [-0.3, -0.25) is 9.10 Å². The maximum Gasteiger partial charge on any atom is 0.241 e. The minimum Gasteiger partial charge on any atom is -0.497 e. The van der Waals surface area contributed by atoms with Gasteiger partial charge in [0.15, 0.2) is 0 Å². The van der Waals surface area contributed by atoms with E-state index in [-0.39, 0.29) is 6.54 Å². The number of aryl methyl sites for hydroxylation is 1. The molecule has 0 aliphatic rings. The average molecular weight is 441 g/mol. The van der Waals surface area contributed by atoms with Gasteiger partial charge in [0.2, 0.25) is 15.9 Å². The Morgan fingerprint density at radius 3 is 2.45 bits per heavy atom. The topological polar surface area (TPSA) is 84.9 Å². The summed E-state index contributed by atoms with van der Waals surface area (Å²) in [5.41, 5.74) is 1.77. The number of ether oxygens (including phenoxy) is 2. The van der Waals surface area contributed by atoms with Crippen molar-refractivity contribution in [1.82, 2.24) is 5.32 Å². The van der Waals surface area contributed by atoms with Crippen LogP contribution >= 0.6 is 11.6 Å². The lowest BCUT2D eigenvalue weighted by Crippen LogP contribution is -2.41. The molecule has 0 radical (unpaired) electrons. The largest absolute Gasteiger partial charge is 0.497 e. The highest BCUT2D eigenvalue weighted by molar-refractivity contribution is 7.92. The van der Waals surface area contributed by atoms with Gasteiger partial charge < -0.3 is 14.8 Å². The number of nitrogens with one attached hydrogen (secondary N) is 1. The molecule has 0 aromatic heterocycles. The molecule has 0 saturated heterocycles. The van der Waals surface area contributed by atoms with Crippen LogP contribution in [0.4, 0.5) is 5.69 Å². The van der Waals surface area contributed by atoms with E-state index in [1.165, 1.54) is 13.2 Å². The van der Waals surface area contributed by atoms with Gasteiger partial charge in [-0.05, 0) is 49.7 Å². The van der Waals surface area contributed by atoms with E-state index in [9.17, 15) is 13.2 Å². The summed E-state index contributed by atoms with van der Waals surface area (Å²) >= 11 is 6.03. The third kappa shape index (κ3) is 5.77. The maximum atomic E-state index is 12.7. The molecule has 0 aliphatic heterocycles. The van der Waals surface area contributed by atoms with Crippen molar-refractivity contribution in [2.24, 2.45) is 0 Å². The molecule has 0 saturated carbocycles. The summed E-state index contributed by atoms with van der Waals surface area (Å²) in [6, 6.07) is 9.72. The predicted molar refractivity (Wildman–Crippen MR) is 114 cm³/mol. The molecule has 2 aromatic rings. The zero-order valence-electron chi connectivity index (χ0n) is 17.0. The van der Waals surface area contributed by atoms with Crippen molar-refractivity contribution in [3.8, 4) is 11.5 Å². The predicted octanol–water partition coefficient (Wildman–Crippen LogP) is 3.31. The van der Waals surface area contributed by atoms with Gasteiger partial charge in [0.1, 0.15) is 18.0 Å². The van der Waals surface area contributed by atoms with Gasteiger partial charge in [0.25, 0.3) is 0 Å². The highest BCUT2D eigenvalue weighted by atomic mass is 35.5. The van der Waals surface area contributed by atoms with E-state index in [1.807, 2.05) is 0 Å². The highest BCUT2D eigenvalue weighted by Crippen LogP contribution is 2.30. The monoisotopic (exact) mass is 440 g/mol. The number of carbonyl (C=O) groups excluding carboxylic acids is 1. The van der Waals surface area contributed by atoms with Crippen molar-refractivity contribution in [3.05, 3.63) is 52.5 Å². The maximum absolute atomic E-state index is 12.7. The first kappa shape index (κ1) is 22.8. The normalized spacial score (nSPS) is 12.2. The number of sulfonamides is 1. The first-order valence-electron chi connectivity index (χ1n) is 8.82. The van der Waals surface area contributed by atoms with Gasteiger partial charge in [-0.2, -0.15) is 0 Å². The fourth-order valence-electron chi connectivity index (χ4n) is 2.91. The molecule has 1 N–H and O–H groups in total. The molecule has 29 heavy (non-hydrogen) atoms. The Hall–Kier alpha value is -2.45. The molecule has 2 aromatic carbocycles. The fourth-order valence-corrected chi connectivity index (χ4v) is 3.98. The fraction of sp³-hybridized carbons (Fsp3) is 0.350. The SMILES string of the molecule is COc1ccc(OC)c(C(C)NC(=O)CN(c2cc(Cl)ccc2C)S(C)(=O)=O)c1. The molecule has 0 heterocycles. The summed E-state index contributed by atoms with van der Waals surface area (Å²) in [6.45, 7) is 3.16. The second-order valence-corrected chi connectivity index (χ2v) is 8.94. The Kier molecular flexibility index (Phi) is 7.37. The standard InChI is InChI=1S/C20H25ClN2O5S/c1-13-6-7-15(21)10-18(13)23(29(5,25)26)12-20(24)22-14(2)17-11-16(27-3)8-9-19(17)28-4/h6-11,14H,12H2,1-5H3,(H,22,24). The molecule has 0 spiro atoms. The van der Waals surface area contributed by atoms with Crippen molar-refractivity contribution in [2.75, 3.05) is 31.3 Å². The lowest BCUT2D eigenvalue weighted by atomic mass is 10.1. The second-order valence-electron chi connectivity index (χ2n) is 6.60. The van der Waals surface area contributed by atoms with E-state index in [2.05, 4.69) is 5.32 Å². The number of halogens is 1. The Morgan fingerprint density at radius 1 is 1.17 bits per heavy atom. The van der Waals surface area contributed by atoms with Crippen LogP contribution in [-0.2, 0) is 14.8 Å². The molecule has 1 amide bonds. The van der Waals surface area contributed by atoms with E-state index in [1.54, 1.807) is 51.3 Å². The molecule has 2 rings (SSSR count). The van der Waals surface area contributed by atoms with E-state index >= 15 is 0 Å². The zero-order chi connectivity index (χ0) is 21.8. The molecule has 158 valence electrons. The molecule has 0 bridgehead atoms. The van der Waals surface area contributed by atoms with Crippen molar-refractivity contribution >= 4 is 33.2 Å². The van der Waals surface area contributed by atoms with Crippen LogP contribution in [-0.4, -0.2) is 41.3 Å². The molecular formula is C20H25ClN2O5S. The number of carbonyl (C=O) groups is 1. The van der Waals surface area contributed by atoms with Crippen LogP contribution in [0.3, 0.4) is 0 Å². The lowest BCUT2D eigenvalue weighted by molar-refractivity contribution is -0.120. The Labute approximate surface area is 176 Å². The molecule has 1 unspecified atom stereocenters.